The van der Waals surface area contributed by atoms with Gasteiger partial charge in [-0.25, -0.2) is 8.78 Å². The average molecular weight is 322 g/mol. The predicted molar refractivity (Wildman–Crippen MR) is 84.8 cm³/mol. The topological polar surface area (TPSA) is 32.3 Å². The summed E-state index contributed by atoms with van der Waals surface area (Å²) in [6, 6.07) is 3.96. The quantitative estimate of drug-likeness (QED) is 0.836. The molecule has 5 heteroatoms. The molecular formula is C18H24F2N2O. The van der Waals surface area contributed by atoms with Crippen LogP contribution in [0.5, 0.6) is 0 Å². The Bertz CT molecular complexity index is 534. The molecule has 126 valence electrons. The van der Waals surface area contributed by atoms with E-state index < -0.39 is 11.6 Å². The Morgan fingerprint density at radius 3 is 2.39 bits per heavy atom. The number of rotatable bonds is 7. The van der Waals surface area contributed by atoms with Crippen LogP contribution in [0.15, 0.2) is 18.2 Å². The van der Waals surface area contributed by atoms with Crippen molar-refractivity contribution in [2.24, 2.45) is 5.92 Å². The molecule has 3 nitrogen and oxygen atoms in total. The Kier molecular flexibility index (Phi) is 5.26. The van der Waals surface area contributed by atoms with Crippen LogP contribution in [-0.4, -0.2) is 29.9 Å². The molecule has 0 heterocycles. The lowest BCUT2D eigenvalue weighted by Crippen LogP contribution is -2.43. The number of hydrogen-bond acceptors (Lipinski definition) is 2. The van der Waals surface area contributed by atoms with E-state index in [1.165, 1.54) is 31.0 Å². The summed E-state index contributed by atoms with van der Waals surface area (Å²) in [7, 11) is 0. The summed E-state index contributed by atoms with van der Waals surface area (Å²) in [5, 5.41) is 3.19. The zero-order chi connectivity index (χ0) is 16.2. The predicted octanol–water partition coefficient (Wildman–Crippen LogP) is 3.24. The van der Waals surface area contributed by atoms with Crippen molar-refractivity contribution >= 4 is 5.91 Å². The number of carbonyl (C=O) groups is 1. The molecular weight excluding hydrogens is 298 g/mol. The second-order valence-corrected chi connectivity index (χ2v) is 6.73. The summed E-state index contributed by atoms with van der Waals surface area (Å²) in [5.41, 5.74) is -0.00468. The highest BCUT2D eigenvalue weighted by molar-refractivity contribution is 5.78. The number of hydrogen-bond donors (Lipinski definition) is 1. The SMILES string of the molecule is O=C(CNCC1CC1)N(Cc1c(F)cccc1F)C1CCCC1. The summed E-state index contributed by atoms with van der Waals surface area (Å²) < 4.78 is 27.9. The van der Waals surface area contributed by atoms with E-state index in [4.69, 9.17) is 0 Å². The monoisotopic (exact) mass is 322 g/mol. The standard InChI is InChI=1S/C18H24F2N2O/c19-16-6-3-7-17(20)15(16)12-22(14-4-1-2-5-14)18(23)11-21-10-13-8-9-13/h3,6-7,13-14,21H,1-2,4-5,8-12H2. The fraction of sp³-hybridized carbons (Fsp3) is 0.611. The number of nitrogens with zero attached hydrogens (tertiary/aromatic N) is 1. The number of carbonyl (C=O) groups excluding carboxylic acids is 1. The first-order chi connectivity index (χ1) is 11.1. The summed E-state index contributed by atoms with van der Waals surface area (Å²) in [6.45, 7) is 1.13. The molecule has 1 aromatic rings. The first kappa shape index (κ1) is 16.4. The molecule has 2 fully saturated rings. The van der Waals surface area contributed by atoms with Crippen LogP contribution in [0, 0.1) is 17.6 Å². The maximum Gasteiger partial charge on any atom is 0.237 e. The second-order valence-electron chi connectivity index (χ2n) is 6.73. The maximum atomic E-state index is 13.9. The van der Waals surface area contributed by atoms with Crippen molar-refractivity contribution in [3.63, 3.8) is 0 Å². The van der Waals surface area contributed by atoms with Crippen LogP contribution in [0.2, 0.25) is 0 Å². The van der Waals surface area contributed by atoms with Gasteiger partial charge in [-0.15, -0.1) is 0 Å². The molecule has 1 amide bonds. The molecule has 0 bridgehead atoms. The molecule has 0 radical (unpaired) electrons. The van der Waals surface area contributed by atoms with E-state index >= 15 is 0 Å². The van der Waals surface area contributed by atoms with Crippen LogP contribution in [0.4, 0.5) is 8.78 Å². The Balaban J connectivity index is 1.68. The van der Waals surface area contributed by atoms with Crippen molar-refractivity contribution in [2.45, 2.75) is 51.1 Å². The van der Waals surface area contributed by atoms with Crippen molar-refractivity contribution in [2.75, 3.05) is 13.1 Å². The Labute approximate surface area is 136 Å². The van der Waals surface area contributed by atoms with Gasteiger partial charge in [-0.05, 0) is 50.3 Å². The van der Waals surface area contributed by atoms with Gasteiger partial charge in [-0.2, -0.15) is 0 Å². The van der Waals surface area contributed by atoms with Gasteiger partial charge in [0.15, 0.2) is 0 Å². The minimum atomic E-state index is -0.577. The number of amides is 1. The molecule has 23 heavy (non-hydrogen) atoms. The van der Waals surface area contributed by atoms with E-state index in [1.807, 2.05) is 0 Å². The average Bonchev–Trinajstić information content (AvgIpc) is 3.19. The van der Waals surface area contributed by atoms with Gasteiger partial charge in [0.25, 0.3) is 0 Å². The van der Waals surface area contributed by atoms with Crippen molar-refractivity contribution in [1.82, 2.24) is 10.2 Å². The van der Waals surface area contributed by atoms with Crippen molar-refractivity contribution in [3.05, 3.63) is 35.4 Å². The van der Waals surface area contributed by atoms with Crippen molar-refractivity contribution in [1.29, 1.82) is 0 Å². The third-order valence-electron chi connectivity index (χ3n) is 4.88. The lowest BCUT2D eigenvalue weighted by atomic mass is 10.1. The molecule has 1 aromatic carbocycles. The Hall–Kier alpha value is -1.49. The van der Waals surface area contributed by atoms with Gasteiger partial charge in [0.1, 0.15) is 11.6 Å². The molecule has 2 aliphatic rings. The molecule has 2 saturated carbocycles. The summed E-state index contributed by atoms with van der Waals surface area (Å²) in [5.74, 6) is -0.509. The highest BCUT2D eigenvalue weighted by Gasteiger charge is 2.28. The van der Waals surface area contributed by atoms with Crippen molar-refractivity contribution < 1.29 is 13.6 Å². The van der Waals surface area contributed by atoms with Gasteiger partial charge < -0.3 is 10.2 Å². The highest BCUT2D eigenvalue weighted by Crippen LogP contribution is 2.28. The molecule has 0 unspecified atom stereocenters. The van der Waals surface area contributed by atoms with Gasteiger partial charge in [-0.3, -0.25) is 4.79 Å². The normalized spacial score (nSPS) is 18.3. The molecule has 0 atom stereocenters. The first-order valence-corrected chi connectivity index (χ1v) is 8.58. The Morgan fingerprint density at radius 1 is 1.13 bits per heavy atom. The van der Waals surface area contributed by atoms with E-state index in [9.17, 15) is 13.6 Å². The van der Waals surface area contributed by atoms with Gasteiger partial charge in [0.05, 0.1) is 13.1 Å². The molecule has 2 aliphatic carbocycles. The maximum absolute atomic E-state index is 13.9. The summed E-state index contributed by atoms with van der Waals surface area (Å²) >= 11 is 0. The van der Waals surface area contributed by atoms with Crippen LogP contribution in [0.25, 0.3) is 0 Å². The van der Waals surface area contributed by atoms with Gasteiger partial charge in [-0.1, -0.05) is 18.9 Å². The Morgan fingerprint density at radius 2 is 1.78 bits per heavy atom. The van der Waals surface area contributed by atoms with Gasteiger partial charge in [0.2, 0.25) is 5.91 Å². The van der Waals surface area contributed by atoms with E-state index in [1.54, 1.807) is 4.90 Å². The van der Waals surface area contributed by atoms with Gasteiger partial charge >= 0.3 is 0 Å². The molecule has 0 aromatic heterocycles. The molecule has 0 aliphatic heterocycles. The molecule has 0 saturated heterocycles. The fourth-order valence-electron chi connectivity index (χ4n) is 3.30. The molecule has 0 spiro atoms. The number of benzene rings is 1. The summed E-state index contributed by atoms with van der Waals surface area (Å²) in [4.78, 5) is 14.3. The fourth-order valence-corrected chi connectivity index (χ4v) is 3.30. The van der Waals surface area contributed by atoms with Crippen LogP contribution in [0.1, 0.15) is 44.1 Å². The van der Waals surface area contributed by atoms with Crippen LogP contribution < -0.4 is 5.32 Å². The number of nitrogens with one attached hydrogen (secondary N) is 1. The minimum absolute atomic E-state index is 0.00468. The highest BCUT2D eigenvalue weighted by atomic mass is 19.1. The molecule has 3 rings (SSSR count). The second kappa shape index (κ2) is 7.39. The van der Waals surface area contributed by atoms with Crippen LogP contribution in [-0.2, 0) is 11.3 Å². The molecule has 1 N–H and O–H groups in total. The lowest BCUT2D eigenvalue weighted by Gasteiger charge is -2.29. The minimum Gasteiger partial charge on any atom is -0.334 e. The van der Waals surface area contributed by atoms with Crippen LogP contribution >= 0.6 is 0 Å². The van der Waals surface area contributed by atoms with E-state index in [-0.39, 0.29) is 30.6 Å². The van der Waals surface area contributed by atoms with E-state index in [0.29, 0.717) is 5.92 Å². The van der Waals surface area contributed by atoms with Crippen molar-refractivity contribution in [3.8, 4) is 0 Å². The largest absolute Gasteiger partial charge is 0.334 e. The smallest absolute Gasteiger partial charge is 0.237 e. The van der Waals surface area contributed by atoms with Gasteiger partial charge in [0, 0.05) is 11.6 Å². The third kappa shape index (κ3) is 4.28. The third-order valence-corrected chi connectivity index (χ3v) is 4.88. The zero-order valence-corrected chi connectivity index (χ0v) is 13.4. The number of halogens is 2. The van der Waals surface area contributed by atoms with Crippen LogP contribution in [0.3, 0.4) is 0 Å². The lowest BCUT2D eigenvalue weighted by molar-refractivity contribution is -0.133. The van der Waals surface area contributed by atoms with E-state index in [2.05, 4.69) is 5.32 Å². The first-order valence-electron chi connectivity index (χ1n) is 8.58. The summed E-state index contributed by atoms with van der Waals surface area (Å²) in [6.07, 6.45) is 6.45. The van der Waals surface area contributed by atoms with E-state index in [0.717, 1.165) is 32.2 Å². The zero-order valence-electron chi connectivity index (χ0n) is 13.4.